The van der Waals surface area contributed by atoms with E-state index < -0.39 is 21.9 Å². The number of carbonyl (C=O) groups excluding carboxylic acids is 2. The van der Waals surface area contributed by atoms with Gasteiger partial charge in [0.1, 0.15) is 6.54 Å². The van der Waals surface area contributed by atoms with Crippen molar-refractivity contribution in [2.75, 3.05) is 36.0 Å². The SMILES string of the molecule is Cc1cc(C)cc(N2C(=O)N(CC(=O)N3CCCCCC3)[C@H]3CS(=O)(=O)C[C@@H]32)c1. The molecule has 0 aliphatic carbocycles. The Bertz CT molecular complexity index is 902. The number of carbonyl (C=O) groups is 2. The van der Waals surface area contributed by atoms with E-state index in [1.165, 1.54) is 4.90 Å². The van der Waals surface area contributed by atoms with Gasteiger partial charge in [-0.15, -0.1) is 0 Å². The highest BCUT2D eigenvalue weighted by molar-refractivity contribution is 7.91. The molecule has 3 saturated heterocycles. The van der Waals surface area contributed by atoms with Crippen molar-refractivity contribution in [3.8, 4) is 0 Å². The van der Waals surface area contributed by atoms with Gasteiger partial charge in [0.05, 0.1) is 23.6 Å². The second-order valence-electron chi connectivity index (χ2n) is 8.63. The number of hydrogen-bond acceptors (Lipinski definition) is 4. The molecule has 1 aromatic rings. The van der Waals surface area contributed by atoms with Gasteiger partial charge in [-0.1, -0.05) is 18.9 Å². The van der Waals surface area contributed by atoms with Crippen molar-refractivity contribution in [2.45, 2.75) is 51.6 Å². The maximum atomic E-state index is 13.3. The molecule has 0 spiro atoms. The Morgan fingerprint density at radius 1 is 0.966 bits per heavy atom. The fourth-order valence-corrected chi connectivity index (χ4v) is 6.87. The van der Waals surface area contributed by atoms with Crippen molar-refractivity contribution < 1.29 is 18.0 Å². The number of hydrogen-bond donors (Lipinski definition) is 0. The minimum Gasteiger partial charge on any atom is -0.341 e. The van der Waals surface area contributed by atoms with Crippen LogP contribution in [-0.2, 0) is 14.6 Å². The van der Waals surface area contributed by atoms with Crippen LogP contribution in [0.2, 0.25) is 0 Å². The first-order chi connectivity index (χ1) is 13.7. The van der Waals surface area contributed by atoms with Crippen molar-refractivity contribution in [1.82, 2.24) is 9.80 Å². The fraction of sp³-hybridized carbons (Fsp3) is 0.619. The molecule has 8 heteroatoms. The number of amides is 3. The average molecular weight is 420 g/mol. The van der Waals surface area contributed by atoms with Crippen LogP contribution in [0, 0.1) is 13.8 Å². The summed E-state index contributed by atoms with van der Waals surface area (Å²) >= 11 is 0. The number of benzene rings is 1. The Kier molecular flexibility index (Phi) is 5.31. The third kappa shape index (κ3) is 3.99. The van der Waals surface area contributed by atoms with Crippen LogP contribution in [0.25, 0.3) is 0 Å². The number of sulfone groups is 1. The summed E-state index contributed by atoms with van der Waals surface area (Å²) in [5.41, 5.74) is 2.75. The standard InChI is InChI=1S/C21H29N3O4S/c1-15-9-16(2)11-17(10-15)24-19-14-29(27,28)13-18(19)23(21(24)26)12-20(25)22-7-5-3-4-6-8-22/h9-11,18-19H,3-8,12-14H2,1-2H3/t18-,19-/m0/s1. The first-order valence-corrected chi connectivity index (χ1v) is 12.2. The molecule has 3 amide bonds. The molecule has 0 radical (unpaired) electrons. The summed E-state index contributed by atoms with van der Waals surface area (Å²) < 4.78 is 24.8. The lowest BCUT2D eigenvalue weighted by Crippen LogP contribution is -2.46. The lowest BCUT2D eigenvalue weighted by molar-refractivity contribution is -0.131. The van der Waals surface area contributed by atoms with Gasteiger partial charge in [0.15, 0.2) is 9.84 Å². The van der Waals surface area contributed by atoms with Crippen molar-refractivity contribution in [3.63, 3.8) is 0 Å². The summed E-state index contributed by atoms with van der Waals surface area (Å²) in [6.07, 6.45) is 4.20. The number of nitrogens with zero attached hydrogens (tertiary/aromatic N) is 3. The minimum absolute atomic E-state index is 0.0448. The summed E-state index contributed by atoms with van der Waals surface area (Å²) in [4.78, 5) is 31.2. The van der Waals surface area contributed by atoms with Crippen LogP contribution in [0.3, 0.4) is 0 Å². The van der Waals surface area contributed by atoms with Gasteiger partial charge in [-0.05, 0) is 49.9 Å². The van der Waals surface area contributed by atoms with E-state index in [4.69, 9.17) is 0 Å². The van der Waals surface area contributed by atoms with Crippen LogP contribution < -0.4 is 4.90 Å². The maximum absolute atomic E-state index is 13.3. The van der Waals surface area contributed by atoms with E-state index in [9.17, 15) is 18.0 Å². The number of fused-ring (bicyclic) bond motifs is 1. The summed E-state index contributed by atoms with van der Waals surface area (Å²) in [6, 6.07) is 4.67. The van der Waals surface area contributed by atoms with Gasteiger partial charge < -0.3 is 9.80 Å². The van der Waals surface area contributed by atoms with E-state index >= 15 is 0 Å². The Hall–Kier alpha value is -2.09. The molecule has 3 aliphatic heterocycles. The third-order valence-electron chi connectivity index (χ3n) is 6.23. The number of urea groups is 1. The van der Waals surface area contributed by atoms with E-state index in [0.717, 1.165) is 36.8 Å². The fourth-order valence-electron chi connectivity index (χ4n) is 4.92. The molecule has 1 aromatic carbocycles. The average Bonchev–Trinajstić information content (AvgIpc) is 2.92. The summed E-state index contributed by atoms with van der Waals surface area (Å²) in [6.45, 7) is 5.31. The van der Waals surface area contributed by atoms with Gasteiger partial charge in [0.2, 0.25) is 5.91 Å². The second kappa shape index (κ2) is 7.63. The third-order valence-corrected chi connectivity index (χ3v) is 7.93. The van der Waals surface area contributed by atoms with Crippen LogP contribution >= 0.6 is 0 Å². The predicted molar refractivity (Wildman–Crippen MR) is 112 cm³/mol. The summed E-state index contributed by atoms with van der Waals surface area (Å²) in [5, 5.41) is 0. The van der Waals surface area contributed by atoms with Crippen molar-refractivity contribution >= 4 is 27.5 Å². The predicted octanol–water partition coefficient (Wildman–Crippen LogP) is 2.11. The smallest absolute Gasteiger partial charge is 0.325 e. The highest BCUT2D eigenvalue weighted by atomic mass is 32.2. The van der Waals surface area contributed by atoms with E-state index in [1.54, 1.807) is 4.90 Å². The van der Waals surface area contributed by atoms with E-state index in [1.807, 2.05) is 36.9 Å². The molecule has 0 saturated carbocycles. The van der Waals surface area contributed by atoms with Gasteiger partial charge in [0.25, 0.3) is 0 Å². The molecule has 29 heavy (non-hydrogen) atoms. The number of aryl methyl sites for hydroxylation is 2. The van der Waals surface area contributed by atoms with Gasteiger partial charge in [-0.2, -0.15) is 0 Å². The van der Waals surface area contributed by atoms with Gasteiger partial charge in [-0.3, -0.25) is 9.69 Å². The van der Waals surface area contributed by atoms with Crippen LogP contribution in [0.5, 0.6) is 0 Å². The van der Waals surface area contributed by atoms with Crippen LogP contribution in [0.1, 0.15) is 36.8 Å². The topological polar surface area (TPSA) is 78.0 Å². The van der Waals surface area contributed by atoms with Crippen LogP contribution in [0.4, 0.5) is 10.5 Å². The largest absolute Gasteiger partial charge is 0.341 e. The van der Waals surface area contributed by atoms with E-state index in [0.29, 0.717) is 18.8 Å². The highest BCUT2D eigenvalue weighted by Crippen LogP contribution is 2.35. The molecule has 7 nitrogen and oxygen atoms in total. The first-order valence-electron chi connectivity index (χ1n) is 10.4. The quantitative estimate of drug-likeness (QED) is 0.703. The molecule has 3 aliphatic rings. The number of rotatable bonds is 3. The van der Waals surface area contributed by atoms with Crippen molar-refractivity contribution in [1.29, 1.82) is 0 Å². The molecule has 0 bridgehead atoms. The van der Waals surface area contributed by atoms with Gasteiger partial charge in [-0.25, -0.2) is 13.2 Å². The normalized spacial score (nSPS) is 26.6. The van der Waals surface area contributed by atoms with Gasteiger partial charge >= 0.3 is 6.03 Å². The molecule has 0 aromatic heterocycles. The molecular formula is C21H29N3O4S. The highest BCUT2D eigenvalue weighted by Gasteiger charge is 2.54. The lowest BCUT2D eigenvalue weighted by Gasteiger charge is -2.26. The maximum Gasteiger partial charge on any atom is 0.325 e. The summed E-state index contributed by atoms with van der Waals surface area (Å²) in [5.74, 6) is -0.200. The molecule has 4 rings (SSSR count). The van der Waals surface area contributed by atoms with Gasteiger partial charge in [0, 0.05) is 18.8 Å². The van der Waals surface area contributed by atoms with Crippen LogP contribution in [0.15, 0.2) is 18.2 Å². The molecule has 2 atom stereocenters. The monoisotopic (exact) mass is 419 g/mol. The van der Waals surface area contributed by atoms with Crippen molar-refractivity contribution in [3.05, 3.63) is 29.3 Å². The zero-order valence-corrected chi connectivity index (χ0v) is 18.0. The molecule has 0 unspecified atom stereocenters. The second-order valence-corrected chi connectivity index (χ2v) is 10.8. The zero-order valence-electron chi connectivity index (χ0n) is 17.1. The summed E-state index contributed by atoms with van der Waals surface area (Å²) in [7, 11) is -3.25. The number of likely N-dealkylation sites (tertiary alicyclic amines) is 1. The Morgan fingerprint density at radius 3 is 2.17 bits per heavy atom. The Morgan fingerprint density at radius 2 is 1.55 bits per heavy atom. The van der Waals surface area contributed by atoms with E-state index in [2.05, 4.69) is 0 Å². The number of anilines is 1. The molecular weight excluding hydrogens is 390 g/mol. The Labute approximate surface area is 172 Å². The Balaban J connectivity index is 1.62. The molecule has 3 heterocycles. The zero-order chi connectivity index (χ0) is 20.8. The van der Waals surface area contributed by atoms with E-state index in [-0.39, 0.29) is 30.0 Å². The van der Waals surface area contributed by atoms with Crippen molar-refractivity contribution in [2.24, 2.45) is 0 Å². The molecule has 158 valence electrons. The first kappa shape index (κ1) is 20.2. The molecule has 3 fully saturated rings. The lowest BCUT2D eigenvalue weighted by atomic mass is 10.1. The molecule has 0 N–H and O–H groups in total. The minimum atomic E-state index is -3.25. The van der Waals surface area contributed by atoms with Crippen LogP contribution in [-0.4, -0.2) is 73.4 Å².